The fourth-order valence-corrected chi connectivity index (χ4v) is 2.61. The molecule has 1 atom stereocenters. The summed E-state index contributed by atoms with van der Waals surface area (Å²) in [4.78, 5) is 14.1. The highest BCUT2D eigenvalue weighted by Crippen LogP contribution is 2.24. The number of benzene rings is 1. The lowest BCUT2D eigenvalue weighted by atomic mass is 10.2. The van der Waals surface area contributed by atoms with Crippen molar-refractivity contribution >= 4 is 16.9 Å². The highest BCUT2D eigenvalue weighted by atomic mass is 19.1. The van der Waals surface area contributed by atoms with Gasteiger partial charge in [-0.3, -0.25) is 4.79 Å². The summed E-state index contributed by atoms with van der Waals surface area (Å²) in [6, 6.07) is 5.88. The van der Waals surface area contributed by atoms with Crippen LogP contribution in [0.3, 0.4) is 0 Å². The molecule has 2 N–H and O–H groups in total. The Hall–Kier alpha value is -1.88. The molecule has 1 aliphatic heterocycles. The van der Waals surface area contributed by atoms with E-state index in [-0.39, 0.29) is 23.5 Å². The Bertz CT molecular complexity index is 623. The zero-order chi connectivity index (χ0) is 13.4. The number of halogens is 1. The predicted molar refractivity (Wildman–Crippen MR) is 69.3 cm³/mol. The van der Waals surface area contributed by atoms with E-state index < -0.39 is 0 Å². The Labute approximate surface area is 110 Å². The largest absolute Gasteiger partial charge is 0.451 e. The van der Waals surface area contributed by atoms with Gasteiger partial charge in [0.05, 0.1) is 0 Å². The van der Waals surface area contributed by atoms with Gasteiger partial charge in [0.1, 0.15) is 11.4 Å². The van der Waals surface area contributed by atoms with Gasteiger partial charge in [0.25, 0.3) is 5.91 Å². The number of hydrogen-bond acceptors (Lipinski definition) is 3. The van der Waals surface area contributed by atoms with Gasteiger partial charge in [-0.2, -0.15) is 0 Å². The molecule has 2 heterocycles. The summed E-state index contributed by atoms with van der Waals surface area (Å²) in [5, 5.41) is 0.604. The molecule has 0 saturated carbocycles. The van der Waals surface area contributed by atoms with Crippen LogP contribution in [0.2, 0.25) is 0 Å². The number of nitrogens with zero attached hydrogens (tertiary/aromatic N) is 1. The van der Waals surface area contributed by atoms with Gasteiger partial charge in [0, 0.05) is 24.5 Å². The number of amides is 1. The van der Waals surface area contributed by atoms with Gasteiger partial charge in [-0.15, -0.1) is 0 Å². The fraction of sp³-hybridized carbons (Fsp3) is 0.357. The maximum absolute atomic E-state index is 13.1. The second-order valence-corrected chi connectivity index (χ2v) is 4.82. The van der Waals surface area contributed by atoms with Crippen LogP contribution in [0, 0.1) is 5.82 Å². The van der Waals surface area contributed by atoms with Crippen molar-refractivity contribution in [2.45, 2.75) is 18.9 Å². The molecule has 19 heavy (non-hydrogen) atoms. The Morgan fingerprint density at radius 3 is 3.11 bits per heavy atom. The molecule has 1 amide bonds. The topological polar surface area (TPSA) is 59.5 Å². The van der Waals surface area contributed by atoms with E-state index in [0.717, 1.165) is 12.8 Å². The van der Waals surface area contributed by atoms with E-state index in [1.54, 1.807) is 11.0 Å². The fourth-order valence-electron chi connectivity index (χ4n) is 2.61. The monoisotopic (exact) mass is 262 g/mol. The minimum absolute atomic E-state index is 0.0810. The van der Waals surface area contributed by atoms with Crippen LogP contribution in [0.1, 0.15) is 23.4 Å². The van der Waals surface area contributed by atoms with Gasteiger partial charge in [0.15, 0.2) is 5.76 Å². The van der Waals surface area contributed by atoms with Gasteiger partial charge < -0.3 is 15.1 Å². The number of furan rings is 1. The summed E-state index contributed by atoms with van der Waals surface area (Å²) in [6.45, 7) is 1.16. The van der Waals surface area contributed by atoms with Gasteiger partial charge in [-0.1, -0.05) is 0 Å². The first-order valence-corrected chi connectivity index (χ1v) is 6.39. The number of carbonyl (C=O) groups is 1. The molecular formula is C14H15FN2O2. The summed E-state index contributed by atoms with van der Waals surface area (Å²) >= 11 is 0. The summed E-state index contributed by atoms with van der Waals surface area (Å²) < 4.78 is 18.6. The maximum atomic E-state index is 13.1. The molecule has 0 spiro atoms. The first-order chi connectivity index (χ1) is 9.19. The van der Waals surface area contributed by atoms with E-state index in [0.29, 0.717) is 24.1 Å². The average molecular weight is 262 g/mol. The summed E-state index contributed by atoms with van der Waals surface area (Å²) in [7, 11) is 0. The number of fused-ring (bicyclic) bond motifs is 1. The minimum atomic E-state index is -0.340. The van der Waals surface area contributed by atoms with Gasteiger partial charge in [-0.05, 0) is 37.1 Å². The Balaban J connectivity index is 1.93. The molecule has 0 aliphatic carbocycles. The average Bonchev–Trinajstić information content (AvgIpc) is 3.03. The third kappa shape index (κ3) is 2.10. The van der Waals surface area contributed by atoms with Crippen LogP contribution in [-0.2, 0) is 0 Å². The quantitative estimate of drug-likeness (QED) is 0.902. The Kier molecular flexibility index (Phi) is 2.98. The van der Waals surface area contributed by atoms with Crippen molar-refractivity contribution in [3.8, 4) is 0 Å². The molecule has 3 rings (SSSR count). The molecule has 2 aromatic rings. The van der Waals surface area contributed by atoms with Crippen molar-refractivity contribution in [2.75, 3.05) is 13.1 Å². The summed E-state index contributed by atoms with van der Waals surface area (Å²) in [5.74, 6) is -0.251. The maximum Gasteiger partial charge on any atom is 0.289 e. The third-order valence-electron chi connectivity index (χ3n) is 3.60. The van der Waals surface area contributed by atoms with Crippen molar-refractivity contribution in [3.63, 3.8) is 0 Å². The van der Waals surface area contributed by atoms with Gasteiger partial charge >= 0.3 is 0 Å². The highest BCUT2D eigenvalue weighted by Gasteiger charge is 2.30. The number of hydrogen-bond donors (Lipinski definition) is 1. The smallest absolute Gasteiger partial charge is 0.289 e. The third-order valence-corrected chi connectivity index (χ3v) is 3.60. The molecule has 0 bridgehead atoms. The van der Waals surface area contributed by atoms with Crippen molar-refractivity contribution in [1.82, 2.24) is 4.90 Å². The van der Waals surface area contributed by atoms with Crippen molar-refractivity contribution < 1.29 is 13.6 Å². The van der Waals surface area contributed by atoms with Crippen LogP contribution in [0.5, 0.6) is 0 Å². The zero-order valence-electron chi connectivity index (χ0n) is 10.4. The van der Waals surface area contributed by atoms with Crippen LogP contribution in [0.15, 0.2) is 28.7 Å². The van der Waals surface area contributed by atoms with E-state index in [1.165, 1.54) is 18.2 Å². The van der Waals surface area contributed by atoms with E-state index in [9.17, 15) is 9.18 Å². The van der Waals surface area contributed by atoms with Crippen LogP contribution < -0.4 is 5.73 Å². The molecule has 0 radical (unpaired) electrons. The number of carbonyl (C=O) groups excluding carboxylic acids is 1. The zero-order valence-corrected chi connectivity index (χ0v) is 10.4. The van der Waals surface area contributed by atoms with E-state index >= 15 is 0 Å². The summed E-state index contributed by atoms with van der Waals surface area (Å²) in [5.41, 5.74) is 6.18. The standard InChI is InChI=1S/C14H15FN2O2/c15-10-3-4-12-9(6-10)7-13(19-12)14(18)17-5-1-2-11(17)8-16/h3-4,6-7,11H,1-2,5,8,16H2. The predicted octanol–water partition coefficient (Wildman–Crippen LogP) is 2.14. The van der Waals surface area contributed by atoms with Crippen LogP contribution in [0.4, 0.5) is 4.39 Å². The highest BCUT2D eigenvalue weighted by molar-refractivity contribution is 5.96. The minimum Gasteiger partial charge on any atom is -0.451 e. The lowest BCUT2D eigenvalue weighted by molar-refractivity contribution is 0.0711. The molecule has 5 heteroatoms. The number of rotatable bonds is 2. The van der Waals surface area contributed by atoms with Crippen molar-refractivity contribution in [1.29, 1.82) is 0 Å². The van der Waals surface area contributed by atoms with Gasteiger partial charge in [-0.25, -0.2) is 4.39 Å². The molecule has 1 aromatic heterocycles. The molecular weight excluding hydrogens is 247 g/mol. The Morgan fingerprint density at radius 2 is 2.32 bits per heavy atom. The van der Waals surface area contributed by atoms with Crippen LogP contribution in [-0.4, -0.2) is 29.9 Å². The first kappa shape index (κ1) is 12.2. The Morgan fingerprint density at radius 1 is 1.47 bits per heavy atom. The van der Waals surface area contributed by atoms with Crippen LogP contribution >= 0.6 is 0 Å². The van der Waals surface area contributed by atoms with E-state index in [2.05, 4.69) is 0 Å². The SMILES string of the molecule is NCC1CCCN1C(=O)c1cc2cc(F)ccc2o1. The van der Waals surface area contributed by atoms with Gasteiger partial charge in [0.2, 0.25) is 0 Å². The second kappa shape index (κ2) is 4.66. The molecule has 4 nitrogen and oxygen atoms in total. The van der Waals surface area contributed by atoms with Crippen LogP contribution in [0.25, 0.3) is 11.0 Å². The molecule has 1 unspecified atom stereocenters. The lowest BCUT2D eigenvalue weighted by Crippen LogP contribution is -2.39. The second-order valence-electron chi connectivity index (χ2n) is 4.82. The normalized spacial score (nSPS) is 19.3. The number of likely N-dealkylation sites (tertiary alicyclic amines) is 1. The molecule has 1 saturated heterocycles. The number of nitrogens with two attached hydrogens (primary N) is 1. The van der Waals surface area contributed by atoms with E-state index in [1.807, 2.05) is 0 Å². The lowest BCUT2D eigenvalue weighted by Gasteiger charge is -2.22. The van der Waals surface area contributed by atoms with Crippen molar-refractivity contribution in [2.24, 2.45) is 5.73 Å². The summed E-state index contributed by atoms with van der Waals surface area (Å²) in [6.07, 6.45) is 1.89. The molecule has 1 aliphatic rings. The molecule has 1 fully saturated rings. The first-order valence-electron chi connectivity index (χ1n) is 6.39. The van der Waals surface area contributed by atoms with E-state index in [4.69, 9.17) is 10.2 Å². The van der Waals surface area contributed by atoms with Crippen molar-refractivity contribution in [3.05, 3.63) is 35.8 Å². The molecule has 1 aromatic carbocycles. The molecule has 100 valence electrons.